The SMILES string of the molecule is COc1ncc(C2=Cc3c(ncnc3N3CCC(c4nc(-c5ccccc5)c(C)[nH]4)CC3)C2)cn1. The van der Waals surface area contributed by atoms with E-state index in [-0.39, 0.29) is 0 Å². The molecule has 1 aliphatic heterocycles. The number of benzene rings is 1. The van der Waals surface area contributed by atoms with E-state index in [0.29, 0.717) is 11.9 Å². The van der Waals surface area contributed by atoms with Crippen LogP contribution in [-0.4, -0.2) is 50.1 Å². The van der Waals surface area contributed by atoms with Gasteiger partial charge >= 0.3 is 6.01 Å². The maximum atomic E-state index is 5.09. The van der Waals surface area contributed by atoms with E-state index < -0.39 is 0 Å². The highest BCUT2D eigenvalue weighted by Gasteiger charge is 2.28. The number of H-pyrrole nitrogens is 1. The number of aromatic amines is 1. The Hall–Kier alpha value is -4.07. The van der Waals surface area contributed by atoms with Gasteiger partial charge in [0.2, 0.25) is 0 Å². The summed E-state index contributed by atoms with van der Waals surface area (Å²) >= 11 is 0. The molecule has 0 spiro atoms. The van der Waals surface area contributed by atoms with Crippen LogP contribution in [0.3, 0.4) is 0 Å². The van der Waals surface area contributed by atoms with E-state index in [1.54, 1.807) is 25.8 Å². The van der Waals surface area contributed by atoms with E-state index in [1.165, 1.54) is 0 Å². The molecule has 4 aromatic rings. The second-order valence-electron chi connectivity index (χ2n) is 9.09. The molecule has 1 aliphatic carbocycles. The van der Waals surface area contributed by atoms with Crippen LogP contribution in [0.5, 0.6) is 6.01 Å². The van der Waals surface area contributed by atoms with Crippen molar-refractivity contribution in [2.45, 2.75) is 32.1 Å². The fourth-order valence-electron chi connectivity index (χ4n) is 5.06. The van der Waals surface area contributed by atoms with E-state index in [9.17, 15) is 0 Å². The number of nitrogens with one attached hydrogen (secondary N) is 1. The Morgan fingerprint density at radius 1 is 0.971 bits per heavy atom. The standard InChI is InChI=1S/C27H27N7O/c1-17-24(18-6-4-3-5-7-18)33-25(32-17)19-8-10-34(11-9-19)26-22-12-20(13-23(22)30-16-31-26)21-14-28-27(35-2)29-15-21/h3-7,12,14-16,19H,8-11,13H2,1-2H3,(H,32,33). The van der Waals surface area contributed by atoms with Crippen LogP contribution < -0.4 is 9.64 Å². The van der Waals surface area contributed by atoms with Gasteiger partial charge in [-0.1, -0.05) is 30.3 Å². The van der Waals surface area contributed by atoms with Crippen molar-refractivity contribution >= 4 is 17.5 Å². The second-order valence-corrected chi connectivity index (χ2v) is 9.09. The minimum Gasteiger partial charge on any atom is -0.467 e. The summed E-state index contributed by atoms with van der Waals surface area (Å²) in [6.45, 7) is 3.97. The van der Waals surface area contributed by atoms with Crippen molar-refractivity contribution in [1.82, 2.24) is 29.9 Å². The highest BCUT2D eigenvalue weighted by atomic mass is 16.5. The van der Waals surface area contributed by atoms with Crippen LogP contribution in [0.2, 0.25) is 0 Å². The minimum absolute atomic E-state index is 0.371. The van der Waals surface area contributed by atoms with Gasteiger partial charge in [-0.15, -0.1) is 0 Å². The molecular formula is C27H27N7O. The molecule has 176 valence electrons. The molecule has 0 saturated carbocycles. The quantitative estimate of drug-likeness (QED) is 0.465. The molecule has 1 aromatic carbocycles. The maximum Gasteiger partial charge on any atom is 0.316 e. The molecule has 3 aromatic heterocycles. The summed E-state index contributed by atoms with van der Waals surface area (Å²) in [6.07, 6.45) is 10.3. The molecule has 0 amide bonds. The minimum atomic E-state index is 0.371. The molecule has 0 atom stereocenters. The molecule has 4 heterocycles. The molecule has 0 bridgehead atoms. The van der Waals surface area contributed by atoms with Gasteiger partial charge in [-0.25, -0.2) is 24.9 Å². The van der Waals surface area contributed by atoms with Gasteiger partial charge < -0.3 is 14.6 Å². The van der Waals surface area contributed by atoms with E-state index in [0.717, 1.165) is 83.3 Å². The fourth-order valence-corrected chi connectivity index (χ4v) is 5.06. The van der Waals surface area contributed by atoms with Gasteiger partial charge in [-0.2, -0.15) is 0 Å². The Morgan fingerprint density at radius 2 is 1.74 bits per heavy atom. The molecular weight excluding hydrogens is 438 g/mol. The number of hydrogen-bond donors (Lipinski definition) is 1. The Kier molecular flexibility index (Phi) is 5.48. The first kappa shape index (κ1) is 21.5. The van der Waals surface area contributed by atoms with Crippen LogP contribution in [0.25, 0.3) is 22.9 Å². The summed E-state index contributed by atoms with van der Waals surface area (Å²) in [6, 6.07) is 10.8. The molecule has 0 unspecified atom stereocenters. The molecule has 6 rings (SSSR count). The number of imidazole rings is 1. The highest BCUT2D eigenvalue weighted by Crippen LogP contribution is 2.37. The first-order valence-electron chi connectivity index (χ1n) is 12.0. The second kappa shape index (κ2) is 8.94. The average Bonchev–Trinajstić information content (AvgIpc) is 3.53. The lowest BCUT2D eigenvalue weighted by Crippen LogP contribution is -2.34. The number of anilines is 1. The van der Waals surface area contributed by atoms with Crippen LogP contribution in [0.1, 0.15) is 47.1 Å². The Labute approximate surface area is 204 Å². The summed E-state index contributed by atoms with van der Waals surface area (Å²) in [5.74, 6) is 2.52. The number of hydrogen-bond acceptors (Lipinski definition) is 7. The average molecular weight is 466 g/mol. The fraction of sp³-hybridized carbons (Fsp3) is 0.296. The highest BCUT2D eigenvalue weighted by molar-refractivity contribution is 5.90. The van der Waals surface area contributed by atoms with Crippen LogP contribution in [0, 0.1) is 6.92 Å². The number of nitrogens with zero attached hydrogens (tertiary/aromatic N) is 6. The van der Waals surface area contributed by atoms with Crippen LogP contribution >= 0.6 is 0 Å². The van der Waals surface area contributed by atoms with Crippen molar-refractivity contribution in [3.05, 3.63) is 77.4 Å². The number of aryl methyl sites for hydroxylation is 1. The Balaban J connectivity index is 1.19. The zero-order chi connectivity index (χ0) is 23.8. The third kappa shape index (κ3) is 4.05. The van der Waals surface area contributed by atoms with Crippen molar-refractivity contribution in [3.8, 4) is 17.3 Å². The molecule has 1 fully saturated rings. The Morgan fingerprint density at radius 3 is 2.49 bits per heavy atom. The predicted molar refractivity (Wildman–Crippen MR) is 135 cm³/mol. The lowest BCUT2D eigenvalue weighted by molar-refractivity contribution is 0.379. The number of allylic oxidation sites excluding steroid dienone is 1. The maximum absolute atomic E-state index is 5.09. The van der Waals surface area contributed by atoms with Crippen LogP contribution in [0.4, 0.5) is 5.82 Å². The van der Waals surface area contributed by atoms with Gasteiger partial charge in [-0.05, 0) is 31.4 Å². The zero-order valence-corrected chi connectivity index (χ0v) is 19.9. The van der Waals surface area contributed by atoms with Crippen molar-refractivity contribution in [1.29, 1.82) is 0 Å². The lowest BCUT2D eigenvalue weighted by Gasteiger charge is -2.32. The molecule has 1 saturated heterocycles. The number of methoxy groups -OCH3 is 1. The van der Waals surface area contributed by atoms with E-state index in [4.69, 9.17) is 9.72 Å². The first-order chi connectivity index (χ1) is 17.2. The summed E-state index contributed by atoms with van der Waals surface area (Å²) in [7, 11) is 1.57. The first-order valence-corrected chi connectivity index (χ1v) is 12.0. The topological polar surface area (TPSA) is 92.7 Å². The van der Waals surface area contributed by atoms with Gasteiger partial charge in [0, 0.05) is 60.2 Å². The zero-order valence-electron chi connectivity index (χ0n) is 19.9. The number of aromatic nitrogens is 6. The van der Waals surface area contributed by atoms with Crippen molar-refractivity contribution in [2.24, 2.45) is 0 Å². The van der Waals surface area contributed by atoms with Crippen molar-refractivity contribution in [3.63, 3.8) is 0 Å². The monoisotopic (exact) mass is 465 g/mol. The summed E-state index contributed by atoms with van der Waals surface area (Å²) in [5.41, 5.74) is 7.63. The third-order valence-electron chi connectivity index (χ3n) is 6.93. The number of piperidine rings is 1. The number of rotatable bonds is 5. The number of ether oxygens (including phenoxy) is 1. The van der Waals surface area contributed by atoms with Gasteiger partial charge in [0.05, 0.1) is 18.5 Å². The summed E-state index contributed by atoms with van der Waals surface area (Å²) in [4.78, 5) is 28.7. The van der Waals surface area contributed by atoms with Gasteiger partial charge in [-0.3, -0.25) is 0 Å². The number of fused-ring (bicyclic) bond motifs is 1. The molecule has 1 N–H and O–H groups in total. The van der Waals surface area contributed by atoms with Gasteiger partial charge in [0.15, 0.2) is 0 Å². The van der Waals surface area contributed by atoms with Crippen molar-refractivity contribution < 1.29 is 4.74 Å². The van der Waals surface area contributed by atoms with E-state index in [1.807, 2.05) is 6.07 Å². The van der Waals surface area contributed by atoms with E-state index >= 15 is 0 Å². The normalized spacial score (nSPS) is 15.7. The molecule has 8 heteroatoms. The van der Waals surface area contributed by atoms with Gasteiger partial charge in [0.25, 0.3) is 0 Å². The predicted octanol–water partition coefficient (Wildman–Crippen LogP) is 4.45. The summed E-state index contributed by atoms with van der Waals surface area (Å²) in [5, 5.41) is 0. The molecule has 35 heavy (non-hydrogen) atoms. The molecule has 0 radical (unpaired) electrons. The smallest absolute Gasteiger partial charge is 0.316 e. The van der Waals surface area contributed by atoms with Crippen LogP contribution in [0.15, 0.2) is 49.1 Å². The molecule has 2 aliphatic rings. The van der Waals surface area contributed by atoms with Gasteiger partial charge in [0.1, 0.15) is 18.0 Å². The van der Waals surface area contributed by atoms with Crippen LogP contribution in [-0.2, 0) is 6.42 Å². The summed E-state index contributed by atoms with van der Waals surface area (Å²) < 4.78 is 5.09. The largest absolute Gasteiger partial charge is 0.467 e. The lowest BCUT2D eigenvalue weighted by atomic mass is 9.96. The Bertz CT molecular complexity index is 1370. The third-order valence-corrected chi connectivity index (χ3v) is 6.93. The van der Waals surface area contributed by atoms with Crippen molar-refractivity contribution in [2.75, 3.05) is 25.1 Å². The van der Waals surface area contributed by atoms with E-state index in [2.05, 4.69) is 67.1 Å². The molecule has 8 nitrogen and oxygen atoms in total.